The van der Waals surface area contributed by atoms with Crippen molar-refractivity contribution in [3.63, 3.8) is 0 Å². The van der Waals surface area contributed by atoms with Gasteiger partial charge in [-0.3, -0.25) is 0 Å². The van der Waals surface area contributed by atoms with Crippen molar-refractivity contribution in [3.8, 4) is 0 Å². The fourth-order valence-electron chi connectivity index (χ4n) is 2.97. The van der Waals surface area contributed by atoms with Crippen LogP contribution in [0.25, 0.3) is 0 Å². The molecule has 142 valence electrons. The second-order valence-corrected chi connectivity index (χ2v) is 6.02. The Bertz CT molecular complexity index is 397. The molecule has 0 amide bonds. The van der Waals surface area contributed by atoms with Crippen molar-refractivity contribution < 1.29 is 50.3 Å². The molecule has 11 nitrogen and oxygen atoms in total. The van der Waals surface area contributed by atoms with Crippen LogP contribution in [-0.2, 0) is 9.47 Å². The van der Waals surface area contributed by atoms with E-state index in [4.69, 9.17) is 19.7 Å². The number of ether oxygens (including phenoxy) is 2. The van der Waals surface area contributed by atoms with Gasteiger partial charge in [0, 0.05) is 0 Å². The Balaban J connectivity index is 2.12. The first-order valence-corrected chi connectivity index (χ1v) is 7.65. The van der Waals surface area contributed by atoms with E-state index in [0.29, 0.717) is 0 Å². The highest BCUT2D eigenvalue weighted by Gasteiger charge is 2.49. The summed E-state index contributed by atoms with van der Waals surface area (Å²) in [5, 5.41) is 79.9. The summed E-state index contributed by atoms with van der Waals surface area (Å²) in [6.45, 7) is -1.64. The molecule has 2 fully saturated rings. The minimum atomic E-state index is -1.68. The van der Waals surface area contributed by atoms with Crippen molar-refractivity contribution in [1.29, 1.82) is 0 Å². The van der Waals surface area contributed by atoms with Crippen molar-refractivity contribution in [2.45, 2.75) is 61.1 Å². The molecule has 0 unspecified atom stereocenters. The number of nitrogens with one attached hydrogen (secondary N) is 1. The molecule has 0 aromatic heterocycles. The van der Waals surface area contributed by atoms with Gasteiger partial charge < -0.3 is 55.6 Å². The highest BCUT2D eigenvalue weighted by atomic mass is 16.7. The van der Waals surface area contributed by atoms with Crippen LogP contribution in [0.1, 0.15) is 0 Å². The molecule has 9 N–H and O–H groups in total. The third-order valence-corrected chi connectivity index (χ3v) is 4.46. The van der Waals surface area contributed by atoms with Gasteiger partial charge in [-0.25, -0.2) is 0 Å². The molecule has 2 saturated heterocycles. The number of hydrogen-bond donors (Lipinski definition) is 9. The number of rotatable bonds is 5. The topological polar surface area (TPSA) is 192 Å². The molecule has 11 heteroatoms. The average Bonchev–Trinajstić information content (AvgIpc) is 2.59. The van der Waals surface area contributed by atoms with Crippen molar-refractivity contribution >= 4 is 0 Å². The van der Waals surface area contributed by atoms with Crippen LogP contribution in [0.15, 0.2) is 0 Å². The van der Waals surface area contributed by atoms with Crippen molar-refractivity contribution in [3.05, 3.63) is 0 Å². The van der Waals surface area contributed by atoms with Gasteiger partial charge in [0.15, 0.2) is 6.29 Å². The van der Waals surface area contributed by atoms with Gasteiger partial charge >= 0.3 is 0 Å². The first-order valence-electron chi connectivity index (χ1n) is 7.65. The van der Waals surface area contributed by atoms with Crippen LogP contribution in [0.2, 0.25) is 0 Å². The van der Waals surface area contributed by atoms with Crippen LogP contribution in [0.5, 0.6) is 0 Å². The molecule has 0 spiro atoms. The summed E-state index contributed by atoms with van der Waals surface area (Å²) in [5.41, 5.74) is 0. The molecule has 0 aromatic rings. The molecule has 2 aliphatic heterocycles. The number of aliphatic hydroxyl groups is 8. The van der Waals surface area contributed by atoms with Gasteiger partial charge in [0.05, 0.1) is 38.0 Å². The molecule has 0 aromatic carbocycles. The summed E-state index contributed by atoms with van der Waals surface area (Å²) in [6.07, 6.45) is -11.8. The SMILES string of the molecule is OC[C@H]1N[C@H](CO)[C@H](O[C@H]2O[C@H](CO)[C@H](O)[C@H](O)[C@H]2O)[C@H](O)[C@H]1O. The first kappa shape index (κ1) is 19.9. The number of aliphatic hydroxyl groups excluding tert-OH is 8. The van der Waals surface area contributed by atoms with E-state index < -0.39 is 80.9 Å². The standard InChI is InChI=1S/C13H25NO10/c15-1-4-7(18)10(21)12(5(2-16)14-4)24-13-11(22)9(20)8(19)6(3-17)23-13/h4-22H,1-3H2/t4-,5-,6-,7+,8+,9+,10-,11-,12+,13-/m1/s1. The molecule has 24 heavy (non-hydrogen) atoms. The Kier molecular flexibility index (Phi) is 6.87. The Morgan fingerprint density at radius 2 is 1.33 bits per heavy atom. The fraction of sp³-hybridized carbons (Fsp3) is 1.00. The van der Waals surface area contributed by atoms with Gasteiger partial charge in [-0.05, 0) is 0 Å². The average molecular weight is 355 g/mol. The summed E-state index contributed by atoms with van der Waals surface area (Å²) in [4.78, 5) is 0. The smallest absolute Gasteiger partial charge is 0.187 e. The summed E-state index contributed by atoms with van der Waals surface area (Å²) in [7, 11) is 0. The lowest BCUT2D eigenvalue weighted by Gasteiger charge is -2.46. The lowest BCUT2D eigenvalue weighted by atomic mass is 9.90. The molecule has 2 heterocycles. The molecule has 0 saturated carbocycles. The maximum atomic E-state index is 10.2. The molecule has 0 bridgehead atoms. The van der Waals surface area contributed by atoms with Gasteiger partial charge in [-0.15, -0.1) is 0 Å². The molecular formula is C13H25NO10. The highest BCUT2D eigenvalue weighted by molar-refractivity contribution is 5.00. The van der Waals surface area contributed by atoms with Crippen molar-refractivity contribution in [2.24, 2.45) is 0 Å². The Hall–Kier alpha value is -0.440. The number of hydrogen-bond acceptors (Lipinski definition) is 11. The predicted molar refractivity (Wildman–Crippen MR) is 75.5 cm³/mol. The maximum absolute atomic E-state index is 10.2. The van der Waals surface area contributed by atoms with Gasteiger partial charge in [-0.1, -0.05) is 0 Å². The van der Waals surface area contributed by atoms with E-state index in [2.05, 4.69) is 5.32 Å². The Morgan fingerprint density at radius 3 is 1.88 bits per heavy atom. The van der Waals surface area contributed by atoms with Crippen LogP contribution in [0.3, 0.4) is 0 Å². The second kappa shape index (κ2) is 8.29. The summed E-state index contributed by atoms with van der Waals surface area (Å²) >= 11 is 0. The van der Waals surface area contributed by atoms with E-state index >= 15 is 0 Å². The third-order valence-electron chi connectivity index (χ3n) is 4.46. The first-order chi connectivity index (χ1) is 11.3. The lowest BCUT2D eigenvalue weighted by Crippen LogP contribution is -2.69. The Morgan fingerprint density at radius 1 is 0.708 bits per heavy atom. The highest BCUT2D eigenvalue weighted by Crippen LogP contribution is 2.26. The van der Waals surface area contributed by atoms with Crippen LogP contribution < -0.4 is 5.32 Å². The maximum Gasteiger partial charge on any atom is 0.187 e. The van der Waals surface area contributed by atoms with E-state index in [-0.39, 0.29) is 0 Å². The van der Waals surface area contributed by atoms with Gasteiger partial charge in [0.25, 0.3) is 0 Å². The molecule has 0 radical (unpaired) electrons. The van der Waals surface area contributed by atoms with E-state index in [1.54, 1.807) is 0 Å². The summed E-state index contributed by atoms with van der Waals surface area (Å²) in [6, 6.07) is -1.78. The molecule has 0 aliphatic carbocycles. The summed E-state index contributed by atoms with van der Waals surface area (Å²) in [5.74, 6) is 0. The molecule has 10 atom stereocenters. The van der Waals surface area contributed by atoms with E-state index in [1.807, 2.05) is 0 Å². The lowest BCUT2D eigenvalue weighted by molar-refractivity contribution is -0.325. The van der Waals surface area contributed by atoms with Crippen LogP contribution in [0, 0.1) is 0 Å². The minimum Gasteiger partial charge on any atom is -0.395 e. The fourth-order valence-corrected chi connectivity index (χ4v) is 2.97. The van der Waals surface area contributed by atoms with Gasteiger partial charge in [0.1, 0.15) is 36.6 Å². The predicted octanol–water partition coefficient (Wildman–Crippen LogP) is -5.78. The van der Waals surface area contributed by atoms with Gasteiger partial charge in [0.2, 0.25) is 0 Å². The minimum absolute atomic E-state index is 0.485. The zero-order valence-corrected chi connectivity index (χ0v) is 12.8. The molecule has 2 rings (SSSR count). The zero-order valence-electron chi connectivity index (χ0n) is 12.8. The zero-order chi connectivity index (χ0) is 18.0. The normalized spacial score (nSPS) is 50.0. The quantitative estimate of drug-likeness (QED) is 0.228. The third kappa shape index (κ3) is 3.71. The van der Waals surface area contributed by atoms with Crippen LogP contribution >= 0.6 is 0 Å². The van der Waals surface area contributed by atoms with E-state index in [1.165, 1.54) is 0 Å². The van der Waals surface area contributed by atoms with Crippen molar-refractivity contribution in [2.75, 3.05) is 19.8 Å². The van der Waals surface area contributed by atoms with E-state index in [0.717, 1.165) is 0 Å². The van der Waals surface area contributed by atoms with E-state index in [9.17, 15) is 30.6 Å². The van der Waals surface area contributed by atoms with Gasteiger partial charge in [-0.2, -0.15) is 0 Å². The molecular weight excluding hydrogens is 330 g/mol. The largest absolute Gasteiger partial charge is 0.395 e. The monoisotopic (exact) mass is 355 g/mol. The summed E-state index contributed by atoms with van der Waals surface area (Å²) < 4.78 is 10.6. The number of piperidine rings is 1. The van der Waals surface area contributed by atoms with Crippen LogP contribution in [-0.4, -0.2) is 122 Å². The Labute approximate surface area is 137 Å². The second-order valence-electron chi connectivity index (χ2n) is 6.02. The molecule has 2 aliphatic rings. The van der Waals surface area contributed by atoms with Crippen LogP contribution in [0.4, 0.5) is 0 Å². The van der Waals surface area contributed by atoms with Crippen molar-refractivity contribution in [1.82, 2.24) is 5.32 Å².